The Hall–Kier alpha value is -3.40. The van der Waals surface area contributed by atoms with E-state index in [-0.39, 0.29) is 11.9 Å². The predicted molar refractivity (Wildman–Crippen MR) is 137 cm³/mol. The van der Waals surface area contributed by atoms with Gasteiger partial charge in [0.2, 0.25) is 5.89 Å². The molecule has 3 aromatic carbocycles. The molecule has 0 radical (unpaired) electrons. The number of benzene rings is 3. The summed E-state index contributed by atoms with van der Waals surface area (Å²) in [6, 6.07) is 22.6. The van der Waals surface area contributed by atoms with E-state index in [1.165, 1.54) is 36.0 Å². The Morgan fingerprint density at radius 2 is 1.85 bits per heavy atom. The molecule has 1 atom stereocenters. The number of hydrogen-bond acceptors (Lipinski definition) is 3. The Labute approximate surface area is 201 Å². The molecule has 0 N–H and O–H groups in total. The summed E-state index contributed by atoms with van der Waals surface area (Å²) in [6.45, 7) is 5.05. The number of unbranched alkanes of at least 4 members (excludes halogenated alkanes) is 2. The van der Waals surface area contributed by atoms with E-state index in [0.717, 1.165) is 48.0 Å². The molecule has 5 rings (SSSR count). The SMILES string of the molecule is CCCCCc1ccc(C(=O)N2CCCC2c2nc3cc(-c4cccc(C)c4)ccc3o2)cc1. The summed E-state index contributed by atoms with van der Waals surface area (Å²) in [7, 11) is 0. The molecule has 0 spiro atoms. The second kappa shape index (κ2) is 9.84. The van der Waals surface area contributed by atoms with Crippen LogP contribution in [0.4, 0.5) is 0 Å². The molecule has 1 fully saturated rings. The molecule has 0 bridgehead atoms. The van der Waals surface area contributed by atoms with Crippen molar-refractivity contribution in [1.29, 1.82) is 0 Å². The first kappa shape index (κ1) is 22.4. The van der Waals surface area contributed by atoms with E-state index in [0.29, 0.717) is 5.89 Å². The molecule has 1 amide bonds. The minimum absolute atomic E-state index is 0.0605. The molecule has 4 heteroatoms. The van der Waals surface area contributed by atoms with Gasteiger partial charge in [-0.3, -0.25) is 4.79 Å². The number of carbonyl (C=O) groups excluding carboxylic acids is 1. The molecular weight excluding hydrogens is 420 g/mol. The van der Waals surface area contributed by atoms with Crippen LogP contribution < -0.4 is 0 Å². The third kappa shape index (κ3) is 4.63. The zero-order chi connectivity index (χ0) is 23.5. The number of nitrogens with zero attached hydrogens (tertiary/aromatic N) is 2. The number of rotatable bonds is 7. The number of amides is 1. The van der Waals surface area contributed by atoms with Gasteiger partial charge in [-0.15, -0.1) is 0 Å². The van der Waals surface area contributed by atoms with Crippen LogP contribution in [0.3, 0.4) is 0 Å². The molecule has 1 unspecified atom stereocenters. The maximum absolute atomic E-state index is 13.3. The minimum atomic E-state index is -0.119. The summed E-state index contributed by atoms with van der Waals surface area (Å²) in [4.78, 5) is 20.1. The highest BCUT2D eigenvalue weighted by atomic mass is 16.3. The lowest BCUT2D eigenvalue weighted by molar-refractivity contribution is 0.0717. The number of oxazole rings is 1. The van der Waals surface area contributed by atoms with Gasteiger partial charge in [0.25, 0.3) is 5.91 Å². The fourth-order valence-electron chi connectivity index (χ4n) is 4.92. The van der Waals surface area contributed by atoms with Gasteiger partial charge in [-0.25, -0.2) is 4.98 Å². The quantitative estimate of drug-likeness (QED) is 0.273. The zero-order valence-electron chi connectivity index (χ0n) is 20.1. The van der Waals surface area contributed by atoms with Crippen molar-refractivity contribution in [3.63, 3.8) is 0 Å². The van der Waals surface area contributed by atoms with Crippen LogP contribution in [0, 0.1) is 6.92 Å². The lowest BCUT2D eigenvalue weighted by Crippen LogP contribution is -2.30. The van der Waals surface area contributed by atoms with Gasteiger partial charge in [-0.1, -0.05) is 67.8 Å². The van der Waals surface area contributed by atoms with Crippen molar-refractivity contribution < 1.29 is 9.21 Å². The van der Waals surface area contributed by atoms with Gasteiger partial charge in [-0.05, 0) is 73.6 Å². The molecular formula is C30H32N2O2. The van der Waals surface area contributed by atoms with Crippen molar-refractivity contribution in [2.75, 3.05) is 6.54 Å². The van der Waals surface area contributed by atoms with E-state index in [4.69, 9.17) is 9.40 Å². The van der Waals surface area contributed by atoms with Gasteiger partial charge in [0.15, 0.2) is 5.58 Å². The predicted octanol–water partition coefficient (Wildman–Crippen LogP) is 7.51. The number of fused-ring (bicyclic) bond motifs is 1. The van der Waals surface area contributed by atoms with E-state index in [1.54, 1.807) is 0 Å². The Kier molecular flexibility index (Phi) is 6.48. The monoisotopic (exact) mass is 452 g/mol. The van der Waals surface area contributed by atoms with E-state index < -0.39 is 0 Å². The lowest BCUT2D eigenvalue weighted by atomic mass is 10.0. The number of hydrogen-bond donors (Lipinski definition) is 0. The normalized spacial score (nSPS) is 15.8. The molecule has 174 valence electrons. The third-order valence-corrected chi connectivity index (χ3v) is 6.82. The number of aryl methyl sites for hydroxylation is 2. The topological polar surface area (TPSA) is 46.3 Å². The molecule has 1 aliphatic heterocycles. The molecule has 1 aromatic heterocycles. The molecule has 2 heterocycles. The van der Waals surface area contributed by atoms with Crippen LogP contribution in [0.5, 0.6) is 0 Å². The summed E-state index contributed by atoms with van der Waals surface area (Å²) in [5, 5.41) is 0. The summed E-state index contributed by atoms with van der Waals surface area (Å²) in [6.07, 6.45) is 6.56. The van der Waals surface area contributed by atoms with Crippen LogP contribution in [-0.4, -0.2) is 22.3 Å². The van der Waals surface area contributed by atoms with E-state index in [2.05, 4.69) is 62.4 Å². The van der Waals surface area contributed by atoms with Gasteiger partial charge >= 0.3 is 0 Å². The van der Waals surface area contributed by atoms with Crippen molar-refractivity contribution in [2.24, 2.45) is 0 Å². The maximum Gasteiger partial charge on any atom is 0.254 e. The van der Waals surface area contributed by atoms with Crippen LogP contribution in [-0.2, 0) is 6.42 Å². The number of aromatic nitrogens is 1. The highest BCUT2D eigenvalue weighted by molar-refractivity contribution is 5.94. The molecule has 4 aromatic rings. The van der Waals surface area contributed by atoms with Crippen LogP contribution in [0.1, 0.15) is 72.4 Å². The van der Waals surface area contributed by atoms with Crippen LogP contribution in [0.15, 0.2) is 71.1 Å². The molecule has 0 aliphatic carbocycles. The Morgan fingerprint density at radius 1 is 1.03 bits per heavy atom. The smallest absolute Gasteiger partial charge is 0.254 e. The van der Waals surface area contributed by atoms with Crippen molar-refractivity contribution >= 4 is 17.0 Å². The summed E-state index contributed by atoms with van der Waals surface area (Å²) in [5.74, 6) is 0.698. The first-order valence-corrected chi connectivity index (χ1v) is 12.5. The minimum Gasteiger partial charge on any atom is -0.438 e. The second-order valence-corrected chi connectivity index (χ2v) is 9.41. The standard InChI is InChI=1S/C30H32N2O2/c1-3-4-5-9-22-12-14-23(15-13-22)30(33)32-18-7-11-27(32)29-31-26-20-25(16-17-28(26)34-29)24-10-6-8-21(2)19-24/h6,8,10,12-17,19-20,27H,3-5,7,9,11,18H2,1-2H3. The fraction of sp³-hybridized carbons (Fsp3) is 0.333. The third-order valence-electron chi connectivity index (χ3n) is 6.82. The van der Waals surface area contributed by atoms with E-state index in [9.17, 15) is 4.79 Å². The van der Waals surface area contributed by atoms with Crippen molar-refractivity contribution in [2.45, 2.75) is 58.4 Å². The van der Waals surface area contributed by atoms with Crippen LogP contribution in [0.2, 0.25) is 0 Å². The highest BCUT2D eigenvalue weighted by Gasteiger charge is 2.34. The zero-order valence-corrected chi connectivity index (χ0v) is 20.1. The van der Waals surface area contributed by atoms with E-state index in [1.807, 2.05) is 23.1 Å². The van der Waals surface area contributed by atoms with E-state index >= 15 is 0 Å². The second-order valence-electron chi connectivity index (χ2n) is 9.41. The Bertz CT molecular complexity index is 1290. The van der Waals surface area contributed by atoms with Crippen molar-refractivity contribution in [3.05, 3.63) is 89.3 Å². The average molecular weight is 453 g/mol. The molecule has 1 aliphatic rings. The van der Waals surface area contributed by atoms with Crippen LogP contribution in [0.25, 0.3) is 22.2 Å². The molecule has 0 saturated carbocycles. The summed E-state index contributed by atoms with van der Waals surface area (Å²) < 4.78 is 6.15. The lowest BCUT2D eigenvalue weighted by Gasteiger charge is -2.22. The van der Waals surface area contributed by atoms with Gasteiger partial charge in [-0.2, -0.15) is 0 Å². The van der Waals surface area contributed by atoms with Crippen molar-refractivity contribution in [3.8, 4) is 11.1 Å². The first-order chi connectivity index (χ1) is 16.6. The molecule has 34 heavy (non-hydrogen) atoms. The Balaban J connectivity index is 1.35. The van der Waals surface area contributed by atoms with Crippen molar-refractivity contribution in [1.82, 2.24) is 9.88 Å². The maximum atomic E-state index is 13.3. The largest absolute Gasteiger partial charge is 0.438 e. The fourth-order valence-corrected chi connectivity index (χ4v) is 4.92. The first-order valence-electron chi connectivity index (χ1n) is 12.5. The average Bonchev–Trinajstić information content (AvgIpc) is 3.51. The van der Waals surface area contributed by atoms with Gasteiger partial charge < -0.3 is 9.32 Å². The number of likely N-dealkylation sites (tertiary alicyclic amines) is 1. The van der Waals surface area contributed by atoms with Gasteiger partial charge in [0, 0.05) is 12.1 Å². The Morgan fingerprint density at radius 3 is 2.65 bits per heavy atom. The molecule has 1 saturated heterocycles. The number of carbonyl (C=O) groups is 1. The summed E-state index contributed by atoms with van der Waals surface area (Å²) >= 11 is 0. The molecule has 4 nitrogen and oxygen atoms in total. The van der Waals surface area contributed by atoms with Gasteiger partial charge in [0.1, 0.15) is 11.6 Å². The summed E-state index contributed by atoms with van der Waals surface area (Å²) in [5.41, 5.74) is 7.16. The van der Waals surface area contributed by atoms with Crippen LogP contribution >= 0.6 is 0 Å². The highest BCUT2D eigenvalue weighted by Crippen LogP contribution is 2.35. The van der Waals surface area contributed by atoms with Gasteiger partial charge in [0.05, 0.1) is 0 Å².